The van der Waals surface area contributed by atoms with Gasteiger partial charge in [0.05, 0.1) is 11.8 Å². The Morgan fingerprint density at radius 2 is 2.31 bits per heavy atom. The lowest BCUT2D eigenvalue weighted by Crippen LogP contribution is -2.13. The van der Waals surface area contributed by atoms with E-state index in [1.54, 1.807) is 12.1 Å². The van der Waals surface area contributed by atoms with Crippen LogP contribution in [0.3, 0.4) is 0 Å². The highest BCUT2D eigenvalue weighted by Gasteiger charge is 2.11. The Bertz CT molecular complexity index is 514. The fraction of sp³-hybridized carbons (Fsp3) is 0. The molecule has 16 heavy (non-hydrogen) atoms. The minimum Gasteiger partial charge on any atom is -0.398 e. The molecule has 0 atom stereocenters. The number of hydrogen-bond acceptors (Lipinski definition) is 5. The van der Waals surface area contributed by atoms with Crippen LogP contribution in [0.5, 0.6) is 0 Å². The number of aromatic nitrogens is 2. The summed E-state index contributed by atoms with van der Waals surface area (Å²) in [4.78, 5) is 11.8. The third kappa shape index (κ3) is 2.29. The molecule has 3 N–H and O–H groups in total. The van der Waals surface area contributed by atoms with E-state index in [-0.39, 0.29) is 5.91 Å². The molecule has 0 aliphatic carbocycles. The van der Waals surface area contributed by atoms with Gasteiger partial charge in [-0.3, -0.25) is 4.79 Å². The Labute approximate surface area is 100 Å². The van der Waals surface area contributed by atoms with E-state index in [2.05, 4.69) is 14.9 Å². The van der Waals surface area contributed by atoms with Gasteiger partial charge in [-0.25, -0.2) is 0 Å². The van der Waals surface area contributed by atoms with Gasteiger partial charge in [-0.2, -0.15) is 0 Å². The van der Waals surface area contributed by atoms with Crippen LogP contribution in [-0.2, 0) is 0 Å². The molecule has 5 nitrogen and oxygen atoms in total. The summed E-state index contributed by atoms with van der Waals surface area (Å²) in [6.45, 7) is 0. The van der Waals surface area contributed by atoms with Gasteiger partial charge in [0.1, 0.15) is 5.00 Å². The molecular formula is C9H7ClN4OS. The number of carbonyl (C=O) groups is 1. The average molecular weight is 255 g/mol. The van der Waals surface area contributed by atoms with Gasteiger partial charge in [-0.1, -0.05) is 16.1 Å². The van der Waals surface area contributed by atoms with Gasteiger partial charge in [-0.05, 0) is 18.2 Å². The maximum absolute atomic E-state index is 11.8. The van der Waals surface area contributed by atoms with E-state index in [1.165, 1.54) is 12.3 Å². The molecule has 0 radical (unpaired) electrons. The molecule has 0 bridgehead atoms. The van der Waals surface area contributed by atoms with E-state index in [1.807, 2.05) is 0 Å². The number of benzene rings is 1. The van der Waals surface area contributed by atoms with Crippen molar-refractivity contribution in [1.29, 1.82) is 0 Å². The molecular weight excluding hydrogens is 248 g/mol. The van der Waals surface area contributed by atoms with E-state index in [0.717, 1.165) is 11.5 Å². The van der Waals surface area contributed by atoms with Crippen LogP contribution in [-0.4, -0.2) is 15.5 Å². The first-order valence-electron chi connectivity index (χ1n) is 4.30. The predicted octanol–water partition coefficient (Wildman–Crippen LogP) is 2.03. The van der Waals surface area contributed by atoms with Gasteiger partial charge in [0, 0.05) is 22.2 Å². The fourth-order valence-corrected chi connectivity index (χ4v) is 1.74. The Morgan fingerprint density at radius 1 is 1.50 bits per heavy atom. The number of nitrogens with one attached hydrogen (secondary N) is 1. The van der Waals surface area contributed by atoms with Crippen LogP contribution < -0.4 is 11.1 Å². The standard InChI is InChI=1S/C9H7ClN4OS/c10-5-1-2-6(7(11)3-5)9(15)13-8-4-12-14-16-8/h1-4H,11H2,(H,13,15). The summed E-state index contributed by atoms with van der Waals surface area (Å²) >= 11 is 6.83. The van der Waals surface area contributed by atoms with Gasteiger partial charge in [0.2, 0.25) is 0 Å². The molecule has 0 fully saturated rings. The number of hydrogen-bond donors (Lipinski definition) is 2. The molecule has 1 aromatic heterocycles. The molecule has 0 saturated carbocycles. The van der Waals surface area contributed by atoms with Gasteiger partial charge < -0.3 is 11.1 Å². The highest BCUT2D eigenvalue weighted by molar-refractivity contribution is 7.10. The summed E-state index contributed by atoms with van der Waals surface area (Å²) in [5.74, 6) is -0.305. The van der Waals surface area contributed by atoms with Crippen molar-refractivity contribution >= 4 is 39.7 Å². The molecule has 2 aromatic rings. The minimum atomic E-state index is -0.305. The van der Waals surface area contributed by atoms with Gasteiger partial charge >= 0.3 is 0 Å². The first-order chi connectivity index (χ1) is 7.66. The topological polar surface area (TPSA) is 80.9 Å². The van der Waals surface area contributed by atoms with Crippen LogP contribution in [0.1, 0.15) is 10.4 Å². The Balaban J connectivity index is 2.21. The quantitative estimate of drug-likeness (QED) is 0.804. The van der Waals surface area contributed by atoms with Crippen molar-refractivity contribution in [3.8, 4) is 0 Å². The second-order valence-electron chi connectivity index (χ2n) is 2.97. The number of nitrogen functional groups attached to an aromatic ring is 1. The molecule has 1 amide bonds. The van der Waals surface area contributed by atoms with E-state index in [9.17, 15) is 4.79 Å². The van der Waals surface area contributed by atoms with E-state index >= 15 is 0 Å². The zero-order valence-corrected chi connectivity index (χ0v) is 9.55. The number of carbonyl (C=O) groups excluding carboxylic acids is 1. The average Bonchev–Trinajstić information content (AvgIpc) is 2.70. The predicted molar refractivity (Wildman–Crippen MR) is 63.7 cm³/mol. The largest absolute Gasteiger partial charge is 0.398 e. The summed E-state index contributed by atoms with van der Waals surface area (Å²) < 4.78 is 3.63. The van der Waals surface area contributed by atoms with Crippen LogP contribution in [0.4, 0.5) is 10.7 Å². The second-order valence-corrected chi connectivity index (χ2v) is 4.19. The zero-order valence-electron chi connectivity index (χ0n) is 7.98. The van der Waals surface area contributed by atoms with E-state index < -0.39 is 0 Å². The summed E-state index contributed by atoms with van der Waals surface area (Å²) in [5, 5.41) is 7.30. The fourth-order valence-electron chi connectivity index (χ4n) is 1.14. The highest BCUT2D eigenvalue weighted by Crippen LogP contribution is 2.19. The van der Waals surface area contributed by atoms with Crippen LogP contribution in [0.25, 0.3) is 0 Å². The normalized spacial score (nSPS) is 10.1. The van der Waals surface area contributed by atoms with E-state index in [4.69, 9.17) is 17.3 Å². The molecule has 1 aromatic carbocycles. The van der Waals surface area contributed by atoms with Crippen LogP contribution >= 0.6 is 23.1 Å². The van der Waals surface area contributed by atoms with Crippen molar-refractivity contribution in [1.82, 2.24) is 9.59 Å². The molecule has 0 unspecified atom stereocenters. The number of amides is 1. The van der Waals surface area contributed by atoms with Gasteiger partial charge in [0.15, 0.2) is 0 Å². The molecule has 0 aliphatic rings. The number of nitrogens with two attached hydrogens (primary N) is 1. The maximum Gasteiger partial charge on any atom is 0.258 e. The lowest BCUT2D eigenvalue weighted by atomic mass is 10.1. The summed E-state index contributed by atoms with van der Waals surface area (Å²) in [5.41, 5.74) is 6.39. The SMILES string of the molecule is Nc1cc(Cl)ccc1C(=O)Nc1cnns1. The Kier molecular flexibility index (Phi) is 3.02. The number of anilines is 2. The molecule has 2 rings (SSSR count). The molecule has 0 spiro atoms. The van der Waals surface area contributed by atoms with Gasteiger partial charge in [0.25, 0.3) is 5.91 Å². The van der Waals surface area contributed by atoms with Crippen LogP contribution in [0.2, 0.25) is 5.02 Å². The van der Waals surface area contributed by atoms with Crippen LogP contribution in [0.15, 0.2) is 24.4 Å². The second kappa shape index (κ2) is 4.46. The lowest BCUT2D eigenvalue weighted by molar-refractivity contribution is 0.102. The Hall–Kier alpha value is -1.66. The zero-order chi connectivity index (χ0) is 11.5. The third-order valence-corrected chi connectivity index (χ3v) is 2.67. The summed E-state index contributed by atoms with van der Waals surface area (Å²) in [6.07, 6.45) is 1.47. The lowest BCUT2D eigenvalue weighted by Gasteiger charge is -2.05. The van der Waals surface area contributed by atoms with Crippen molar-refractivity contribution in [3.63, 3.8) is 0 Å². The molecule has 7 heteroatoms. The highest BCUT2D eigenvalue weighted by atomic mass is 35.5. The van der Waals surface area contributed by atoms with Crippen molar-refractivity contribution < 1.29 is 4.79 Å². The first-order valence-corrected chi connectivity index (χ1v) is 5.45. The van der Waals surface area contributed by atoms with Crippen LogP contribution in [0, 0.1) is 0 Å². The third-order valence-electron chi connectivity index (χ3n) is 1.86. The minimum absolute atomic E-state index is 0.305. The molecule has 1 heterocycles. The van der Waals surface area contributed by atoms with Crippen molar-refractivity contribution in [2.45, 2.75) is 0 Å². The number of rotatable bonds is 2. The number of nitrogens with zero attached hydrogens (tertiary/aromatic N) is 2. The van der Waals surface area contributed by atoms with Crippen molar-refractivity contribution in [2.24, 2.45) is 0 Å². The summed E-state index contributed by atoms with van der Waals surface area (Å²) in [7, 11) is 0. The summed E-state index contributed by atoms with van der Waals surface area (Å²) in [6, 6.07) is 4.71. The number of halogens is 1. The van der Waals surface area contributed by atoms with Crippen molar-refractivity contribution in [3.05, 3.63) is 35.0 Å². The van der Waals surface area contributed by atoms with Gasteiger partial charge in [-0.15, -0.1) is 5.10 Å². The first kappa shape index (κ1) is 10.8. The Morgan fingerprint density at radius 3 is 2.94 bits per heavy atom. The molecule has 82 valence electrons. The smallest absolute Gasteiger partial charge is 0.258 e. The maximum atomic E-state index is 11.8. The molecule has 0 aliphatic heterocycles. The van der Waals surface area contributed by atoms with Crippen molar-refractivity contribution in [2.75, 3.05) is 11.1 Å². The van der Waals surface area contributed by atoms with E-state index in [0.29, 0.717) is 21.3 Å². The monoisotopic (exact) mass is 254 g/mol. The molecule has 0 saturated heterocycles.